The van der Waals surface area contributed by atoms with Gasteiger partial charge >= 0.3 is 11.9 Å². The van der Waals surface area contributed by atoms with Gasteiger partial charge in [0.1, 0.15) is 10.6 Å². The maximum atomic E-state index is 12.2. The van der Waals surface area contributed by atoms with Crippen molar-refractivity contribution >= 4 is 28.2 Å². The van der Waals surface area contributed by atoms with Gasteiger partial charge in [0, 0.05) is 18.6 Å². The van der Waals surface area contributed by atoms with Gasteiger partial charge in [-0.25, -0.2) is 14.6 Å². The number of carbonyl (C=O) groups excluding carboxylic acids is 2. The number of hydrogen-bond acceptors (Lipinski definition) is 6. The van der Waals surface area contributed by atoms with E-state index in [1.807, 2.05) is 6.92 Å². The van der Waals surface area contributed by atoms with Crippen molar-refractivity contribution in [3.63, 3.8) is 0 Å². The van der Waals surface area contributed by atoms with Crippen molar-refractivity contribution in [2.45, 2.75) is 52.1 Å². The zero-order valence-corrected chi connectivity index (χ0v) is 16.9. The van der Waals surface area contributed by atoms with Crippen LogP contribution in [0.3, 0.4) is 0 Å². The predicted octanol–water partition coefficient (Wildman–Crippen LogP) is 5.13. The Morgan fingerprint density at radius 3 is 2.64 bits per heavy atom. The second-order valence-electron chi connectivity index (χ2n) is 6.69. The highest BCUT2D eigenvalue weighted by Crippen LogP contribution is 2.20. The van der Waals surface area contributed by atoms with Crippen LogP contribution in [0.25, 0.3) is 4.96 Å². The smallest absolute Gasteiger partial charge is 0.355 e. The molecule has 3 aromatic rings. The first-order valence-corrected chi connectivity index (χ1v) is 10.3. The summed E-state index contributed by atoms with van der Waals surface area (Å²) < 4.78 is 12.6. The Morgan fingerprint density at radius 2 is 1.93 bits per heavy atom. The summed E-state index contributed by atoms with van der Waals surface area (Å²) in [7, 11) is 0. The zero-order valence-electron chi connectivity index (χ0n) is 16.1. The normalized spacial score (nSPS) is 12.1. The highest BCUT2D eigenvalue weighted by Gasteiger charge is 2.15. The molecule has 1 unspecified atom stereocenters. The first-order valence-electron chi connectivity index (χ1n) is 9.52. The molecule has 28 heavy (non-hydrogen) atoms. The Kier molecular flexibility index (Phi) is 6.81. The summed E-state index contributed by atoms with van der Waals surface area (Å²) in [6.45, 7) is 4.08. The van der Waals surface area contributed by atoms with Gasteiger partial charge in [0.25, 0.3) is 0 Å². The third-order valence-corrected chi connectivity index (χ3v) is 5.36. The minimum absolute atomic E-state index is 0.111. The first kappa shape index (κ1) is 20.1. The molecule has 0 saturated heterocycles. The summed E-state index contributed by atoms with van der Waals surface area (Å²) in [5, 5.41) is 0. The number of carbonyl (C=O) groups is 2. The van der Waals surface area contributed by atoms with Crippen LogP contribution in [0.2, 0.25) is 0 Å². The molecule has 2 aromatic heterocycles. The number of rotatable bonds is 9. The Hall–Kier alpha value is -2.67. The van der Waals surface area contributed by atoms with E-state index in [1.165, 1.54) is 24.2 Å². The lowest BCUT2D eigenvalue weighted by Crippen LogP contribution is -2.15. The lowest BCUT2D eigenvalue weighted by Gasteiger charge is -2.13. The first-order chi connectivity index (χ1) is 13.6. The molecule has 0 spiro atoms. The van der Waals surface area contributed by atoms with Crippen LogP contribution in [-0.2, 0) is 4.74 Å². The lowest BCUT2D eigenvalue weighted by molar-refractivity contribution is 0.0319. The van der Waals surface area contributed by atoms with Crippen molar-refractivity contribution in [3.05, 3.63) is 53.3 Å². The maximum absolute atomic E-state index is 12.2. The Balaban J connectivity index is 1.51. The second-order valence-corrected chi connectivity index (χ2v) is 7.70. The topological polar surface area (TPSA) is 69.9 Å². The van der Waals surface area contributed by atoms with Gasteiger partial charge in [-0.2, -0.15) is 0 Å². The second kappa shape index (κ2) is 9.50. The van der Waals surface area contributed by atoms with E-state index in [4.69, 9.17) is 9.47 Å². The largest absolute Gasteiger partial charge is 0.459 e. The van der Waals surface area contributed by atoms with Gasteiger partial charge in [-0.3, -0.25) is 4.40 Å². The van der Waals surface area contributed by atoms with Gasteiger partial charge in [0.15, 0.2) is 4.96 Å². The SMILES string of the molecule is CCCCCCC(C)OC(=O)c1ccc(OC(=O)c2cn3ccnc3s2)cc1. The van der Waals surface area contributed by atoms with Crippen molar-refractivity contribution in [2.24, 2.45) is 0 Å². The molecule has 6 nitrogen and oxygen atoms in total. The van der Waals surface area contributed by atoms with Crippen LogP contribution >= 0.6 is 11.3 Å². The van der Waals surface area contributed by atoms with Crippen molar-refractivity contribution in [1.29, 1.82) is 0 Å². The van der Waals surface area contributed by atoms with E-state index in [1.54, 1.807) is 47.3 Å². The van der Waals surface area contributed by atoms with Crippen molar-refractivity contribution in [2.75, 3.05) is 0 Å². The molecule has 0 aliphatic rings. The molecule has 0 fully saturated rings. The van der Waals surface area contributed by atoms with Crippen LogP contribution in [0.4, 0.5) is 0 Å². The molecular weight excluding hydrogens is 376 g/mol. The number of thiazole rings is 1. The quantitative estimate of drug-likeness (QED) is 0.283. The van der Waals surface area contributed by atoms with Gasteiger partial charge in [-0.15, -0.1) is 0 Å². The van der Waals surface area contributed by atoms with E-state index < -0.39 is 5.97 Å². The minimum Gasteiger partial charge on any atom is -0.459 e. The summed E-state index contributed by atoms with van der Waals surface area (Å²) in [5.74, 6) is -0.438. The molecule has 0 saturated carbocycles. The summed E-state index contributed by atoms with van der Waals surface area (Å²) in [6, 6.07) is 6.41. The van der Waals surface area contributed by atoms with Crippen molar-refractivity contribution in [1.82, 2.24) is 9.38 Å². The summed E-state index contributed by atoms with van der Waals surface area (Å²) >= 11 is 1.26. The van der Waals surface area contributed by atoms with Crippen LogP contribution in [-0.4, -0.2) is 27.4 Å². The monoisotopic (exact) mass is 400 g/mol. The van der Waals surface area contributed by atoms with Gasteiger partial charge in [0.2, 0.25) is 0 Å². The number of benzene rings is 1. The maximum Gasteiger partial charge on any atom is 0.355 e. The standard InChI is InChI=1S/C21H24N2O4S/c1-3-4-5-6-7-15(2)26-19(24)16-8-10-17(11-9-16)27-20(25)18-14-23-13-12-22-21(23)28-18/h8-15H,3-7H2,1-2H3. The van der Waals surface area contributed by atoms with Gasteiger partial charge < -0.3 is 9.47 Å². The highest BCUT2D eigenvalue weighted by atomic mass is 32.1. The zero-order chi connectivity index (χ0) is 19.9. The fraction of sp³-hybridized carbons (Fsp3) is 0.381. The van der Waals surface area contributed by atoms with E-state index in [9.17, 15) is 9.59 Å². The Morgan fingerprint density at radius 1 is 1.14 bits per heavy atom. The minimum atomic E-state index is -0.452. The predicted molar refractivity (Wildman–Crippen MR) is 108 cm³/mol. The Bertz CT molecular complexity index is 901. The molecule has 7 heteroatoms. The molecule has 1 aromatic carbocycles. The number of esters is 2. The molecule has 0 amide bonds. The third kappa shape index (κ3) is 5.19. The summed E-state index contributed by atoms with van der Waals surface area (Å²) in [4.78, 5) is 29.8. The molecule has 0 N–H and O–H groups in total. The summed E-state index contributed by atoms with van der Waals surface area (Å²) in [5.41, 5.74) is 0.440. The molecule has 3 rings (SSSR count). The van der Waals surface area contributed by atoms with E-state index >= 15 is 0 Å². The van der Waals surface area contributed by atoms with Crippen LogP contribution in [0.1, 0.15) is 66.0 Å². The molecule has 148 valence electrons. The Labute approximate surface area is 168 Å². The number of ether oxygens (including phenoxy) is 2. The number of aromatic nitrogens is 2. The average molecular weight is 401 g/mol. The summed E-state index contributed by atoms with van der Waals surface area (Å²) in [6.07, 6.45) is 10.5. The van der Waals surface area contributed by atoms with E-state index in [0.29, 0.717) is 16.2 Å². The number of unbranched alkanes of at least 4 members (excludes halogenated alkanes) is 3. The lowest BCUT2D eigenvalue weighted by atomic mass is 10.1. The number of imidazole rings is 1. The van der Waals surface area contributed by atoms with E-state index in [0.717, 1.165) is 24.2 Å². The van der Waals surface area contributed by atoms with Gasteiger partial charge in [0.05, 0.1) is 11.7 Å². The number of fused-ring (bicyclic) bond motifs is 1. The van der Waals surface area contributed by atoms with Crippen LogP contribution in [0, 0.1) is 0 Å². The van der Waals surface area contributed by atoms with Crippen molar-refractivity contribution in [3.8, 4) is 5.75 Å². The van der Waals surface area contributed by atoms with Crippen molar-refractivity contribution < 1.29 is 19.1 Å². The molecule has 2 heterocycles. The van der Waals surface area contributed by atoms with Gasteiger partial charge in [-0.05, 0) is 44.0 Å². The average Bonchev–Trinajstić information content (AvgIpc) is 3.28. The number of nitrogens with zero attached hydrogens (tertiary/aromatic N) is 2. The molecule has 0 aliphatic carbocycles. The fourth-order valence-electron chi connectivity index (χ4n) is 2.81. The molecule has 1 atom stereocenters. The number of hydrogen-bond donors (Lipinski definition) is 0. The van der Waals surface area contributed by atoms with E-state index in [-0.39, 0.29) is 12.1 Å². The third-order valence-electron chi connectivity index (χ3n) is 4.36. The van der Waals surface area contributed by atoms with E-state index in [2.05, 4.69) is 11.9 Å². The van der Waals surface area contributed by atoms with Gasteiger partial charge in [-0.1, -0.05) is 37.5 Å². The van der Waals surface area contributed by atoms with Crippen LogP contribution < -0.4 is 4.74 Å². The van der Waals surface area contributed by atoms with Crippen LogP contribution in [0.15, 0.2) is 42.9 Å². The molecule has 0 aliphatic heterocycles. The molecule has 0 radical (unpaired) electrons. The highest BCUT2D eigenvalue weighted by molar-refractivity contribution is 7.18. The fourth-order valence-corrected chi connectivity index (χ4v) is 3.63. The molecular formula is C21H24N2O4S. The van der Waals surface area contributed by atoms with Crippen LogP contribution in [0.5, 0.6) is 5.75 Å². The molecule has 0 bridgehead atoms.